The number of rotatable bonds is 14. The number of Topliss-reactive ketones (excluding diaryl/α,β-unsaturated/α-hetero) is 1. The predicted molar refractivity (Wildman–Crippen MR) is 87.9 cm³/mol. The molecule has 0 fully saturated rings. The van der Waals surface area contributed by atoms with Crippen LogP contribution in [0.1, 0.15) is 19.3 Å². The molecule has 0 spiro atoms. The average Bonchev–Trinajstić information content (AvgIpc) is 2.65. The summed E-state index contributed by atoms with van der Waals surface area (Å²) < 4.78 is 0. The zero-order valence-corrected chi connectivity index (χ0v) is 14.4. The van der Waals surface area contributed by atoms with Crippen molar-refractivity contribution in [3.05, 3.63) is 0 Å². The van der Waals surface area contributed by atoms with E-state index >= 15 is 0 Å². The number of hydrogen-bond donors (Lipinski definition) is 7. The summed E-state index contributed by atoms with van der Waals surface area (Å²) >= 11 is 0. The second-order valence-corrected chi connectivity index (χ2v) is 5.23. The second-order valence-electron chi connectivity index (χ2n) is 5.23. The fraction of sp³-hybridized carbons (Fsp3) is 0.571. The fourth-order valence-electron chi connectivity index (χ4n) is 1.67. The fourth-order valence-corrected chi connectivity index (χ4v) is 1.67. The Morgan fingerprint density at radius 3 is 1.96 bits per heavy atom. The Kier molecular flexibility index (Phi) is 12.5. The summed E-state index contributed by atoms with van der Waals surface area (Å²) in [6.07, 6.45) is -1.65. The molecule has 0 aliphatic heterocycles. The molecule has 152 valence electrons. The molecule has 1 unspecified atom stereocenters. The molecule has 0 saturated heterocycles. The Bertz CT molecular complexity index is 554. The molecule has 0 heterocycles. The van der Waals surface area contributed by atoms with Crippen LogP contribution in [0.4, 0.5) is 0 Å². The minimum absolute atomic E-state index is 0.0899. The quantitative estimate of drug-likeness (QED) is 0.0668. The van der Waals surface area contributed by atoms with Crippen LogP contribution in [0.15, 0.2) is 0 Å². The average molecular weight is 389 g/mol. The highest BCUT2D eigenvalue weighted by molar-refractivity contribution is 5.89. The van der Waals surface area contributed by atoms with Crippen molar-refractivity contribution < 1.29 is 39.1 Å². The van der Waals surface area contributed by atoms with Crippen molar-refractivity contribution in [1.29, 1.82) is 0 Å². The minimum Gasteiger partial charge on any atom is -0.385 e. The van der Waals surface area contributed by atoms with E-state index in [-0.39, 0.29) is 39.0 Å². The molecule has 5 amide bonds. The van der Waals surface area contributed by atoms with Crippen LogP contribution in [-0.4, -0.2) is 78.4 Å². The SMILES string of the molecule is O=CNCC(=O)NCC(=O)NCC(=O)NCCCC(=O)C(O)CC(=O)NO. The first-order chi connectivity index (χ1) is 12.8. The van der Waals surface area contributed by atoms with E-state index < -0.39 is 41.9 Å². The standard InChI is InChI=1S/C14H23N5O8/c20-8-15-5-12(24)17-7-14(26)18-6-13(25)16-3-1-2-9(21)10(22)4-11(23)19-27/h8,10,22,27H,1-7H2,(H,15,20)(H,16,25)(H,17,24)(H,18,26)(H,19,23). The highest BCUT2D eigenvalue weighted by Gasteiger charge is 2.18. The van der Waals surface area contributed by atoms with Gasteiger partial charge in [0.2, 0.25) is 30.0 Å². The molecule has 0 aromatic carbocycles. The Hall–Kier alpha value is -3.06. The van der Waals surface area contributed by atoms with Gasteiger partial charge in [-0.1, -0.05) is 0 Å². The minimum atomic E-state index is -1.54. The molecule has 1 atom stereocenters. The van der Waals surface area contributed by atoms with E-state index in [0.29, 0.717) is 6.41 Å². The van der Waals surface area contributed by atoms with Gasteiger partial charge in [-0.05, 0) is 6.42 Å². The van der Waals surface area contributed by atoms with Crippen molar-refractivity contribution >= 4 is 35.8 Å². The topological polar surface area (TPSA) is 203 Å². The van der Waals surface area contributed by atoms with Crippen LogP contribution in [0.25, 0.3) is 0 Å². The molecule has 27 heavy (non-hydrogen) atoms. The van der Waals surface area contributed by atoms with Gasteiger partial charge in [0.05, 0.1) is 26.1 Å². The maximum Gasteiger partial charge on any atom is 0.246 e. The van der Waals surface area contributed by atoms with E-state index in [2.05, 4.69) is 21.3 Å². The third-order valence-electron chi connectivity index (χ3n) is 3.04. The van der Waals surface area contributed by atoms with Gasteiger partial charge in [0, 0.05) is 13.0 Å². The van der Waals surface area contributed by atoms with Crippen LogP contribution in [0, 0.1) is 0 Å². The number of ketones is 1. The third kappa shape index (κ3) is 12.9. The molecule has 0 aromatic heterocycles. The highest BCUT2D eigenvalue weighted by Crippen LogP contribution is 2.00. The third-order valence-corrected chi connectivity index (χ3v) is 3.04. The summed E-state index contributed by atoms with van der Waals surface area (Å²) in [5.74, 6) is -3.20. The Morgan fingerprint density at radius 2 is 1.41 bits per heavy atom. The van der Waals surface area contributed by atoms with Gasteiger partial charge in [-0.25, -0.2) is 5.48 Å². The van der Waals surface area contributed by atoms with Gasteiger partial charge in [0.1, 0.15) is 6.10 Å². The van der Waals surface area contributed by atoms with E-state index in [1.165, 1.54) is 5.48 Å². The van der Waals surface area contributed by atoms with Crippen molar-refractivity contribution in [2.45, 2.75) is 25.4 Å². The maximum atomic E-state index is 11.5. The molecule has 0 aliphatic carbocycles. The Labute approximate surface area is 154 Å². The van der Waals surface area contributed by atoms with E-state index in [4.69, 9.17) is 5.21 Å². The van der Waals surface area contributed by atoms with Crippen LogP contribution in [0.2, 0.25) is 0 Å². The predicted octanol–water partition coefficient (Wildman–Crippen LogP) is -4.31. The van der Waals surface area contributed by atoms with Crippen molar-refractivity contribution in [2.24, 2.45) is 0 Å². The normalized spacial score (nSPS) is 10.9. The molecule has 0 aliphatic rings. The van der Waals surface area contributed by atoms with Crippen molar-refractivity contribution in [3.8, 4) is 0 Å². The molecule has 0 bridgehead atoms. The second kappa shape index (κ2) is 14.1. The molecule has 13 heteroatoms. The molecule has 13 nitrogen and oxygen atoms in total. The number of carbonyl (C=O) groups excluding carboxylic acids is 6. The lowest BCUT2D eigenvalue weighted by atomic mass is 10.1. The molecule has 7 N–H and O–H groups in total. The van der Waals surface area contributed by atoms with Crippen LogP contribution in [-0.2, 0) is 28.8 Å². The van der Waals surface area contributed by atoms with Gasteiger partial charge in [-0.2, -0.15) is 0 Å². The first-order valence-corrected chi connectivity index (χ1v) is 7.91. The number of amides is 5. The summed E-state index contributed by atoms with van der Waals surface area (Å²) in [6.45, 7) is -0.863. The molecular weight excluding hydrogens is 366 g/mol. The van der Waals surface area contributed by atoms with Crippen LogP contribution < -0.4 is 26.7 Å². The molecule has 0 aromatic rings. The van der Waals surface area contributed by atoms with Gasteiger partial charge in [-0.3, -0.25) is 34.0 Å². The molecule has 0 radical (unpaired) electrons. The van der Waals surface area contributed by atoms with E-state index in [9.17, 15) is 33.9 Å². The summed E-state index contributed by atoms with van der Waals surface area (Å²) in [5, 5.41) is 26.7. The summed E-state index contributed by atoms with van der Waals surface area (Å²) in [5.41, 5.74) is 1.30. The van der Waals surface area contributed by atoms with Crippen molar-refractivity contribution in [1.82, 2.24) is 26.7 Å². The zero-order chi connectivity index (χ0) is 20.7. The number of hydroxylamine groups is 1. The van der Waals surface area contributed by atoms with Crippen LogP contribution >= 0.6 is 0 Å². The Morgan fingerprint density at radius 1 is 0.852 bits per heavy atom. The van der Waals surface area contributed by atoms with E-state index in [1.54, 1.807) is 0 Å². The lowest BCUT2D eigenvalue weighted by Gasteiger charge is -2.09. The number of aliphatic hydroxyl groups is 1. The first kappa shape index (κ1) is 23.9. The van der Waals surface area contributed by atoms with Gasteiger partial charge in [0.25, 0.3) is 0 Å². The highest BCUT2D eigenvalue weighted by atomic mass is 16.5. The van der Waals surface area contributed by atoms with Gasteiger partial charge >= 0.3 is 0 Å². The van der Waals surface area contributed by atoms with Crippen molar-refractivity contribution in [3.63, 3.8) is 0 Å². The summed E-state index contributed by atoms with van der Waals surface area (Å²) in [7, 11) is 0. The van der Waals surface area contributed by atoms with Crippen LogP contribution in [0.3, 0.4) is 0 Å². The number of nitrogens with one attached hydrogen (secondary N) is 5. The summed E-state index contributed by atoms with van der Waals surface area (Å²) in [6, 6.07) is 0. The van der Waals surface area contributed by atoms with Gasteiger partial charge in [0.15, 0.2) is 5.78 Å². The smallest absolute Gasteiger partial charge is 0.246 e. The molecule has 0 saturated carbocycles. The molecular formula is C14H23N5O8. The maximum absolute atomic E-state index is 11.5. The number of aliphatic hydroxyl groups excluding tert-OH is 1. The molecule has 0 rings (SSSR count). The Balaban J connectivity index is 3.81. The van der Waals surface area contributed by atoms with E-state index in [0.717, 1.165) is 0 Å². The lowest BCUT2D eigenvalue weighted by molar-refractivity contribution is -0.137. The summed E-state index contributed by atoms with van der Waals surface area (Å²) in [4.78, 5) is 66.3. The van der Waals surface area contributed by atoms with Gasteiger partial charge in [-0.15, -0.1) is 0 Å². The lowest BCUT2D eigenvalue weighted by Crippen LogP contribution is -2.43. The zero-order valence-electron chi connectivity index (χ0n) is 14.4. The van der Waals surface area contributed by atoms with Crippen molar-refractivity contribution in [2.75, 3.05) is 26.2 Å². The van der Waals surface area contributed by atoms with Gasteiger partial charge < -0.3 is 26.4 Å². The number of hydrogen-bond acceptors (Lipinski definition) is 8. The first-order valence-electron chi connectivity index (χ1n) is 7.91. The monoisotopic (exact) mass is 389 g/mol. The largest absolute Gasteiger partial charge is 0.385 e. The van der Waals surface area contributed by atoms with E-state index in [1.807, 2.05) is 0 Å². The van der Waals surface area contributed by atoms with Crippen LogP contribution in [0.5, 0.6) is 0 Å². The number of carbonyl (C=O) groups is 6.